The van der Waals surface area contributed by atoms with Crippen molar-refractivity contribution >= 4 is 56.5 Å². The molecule has 0 saturated carbocycles. The largest absolute Gasteiger partial charge is 0.465 e. The van der Waals surface area contributed by atoms with E-state index in [4.69, 9.17) is 4.74 Å². The molecule has 3 aliphatic rings. The number of ether oxygens (including phenoxy) is 1. The molecule has 42 heavy (non-hydrogen) atoms. The number of hydrogen-bond acceptors (Lipinski definition) is 8. The lowest BCUT2D eigenvalue weighted by Gasteiger charge is -2.37. The Morgan fingerprint density at radius 2 is 2.02 bits per heavy atom. The van der Waals surface area contributed by atoms with Crippen molar-refractivity contribution in [2.75, 3.05) is 26.3 Å². The number of likely N-dealkylation sites (tertiary alicyclic amines) is 1. The Morgan fingerprint density at radius 1 is 1.21 bits per heavy atom. The van der Waals surface area contributed by atoms with E-state index < -0.39 is 22.6 Å². The molecule has 2 aromatic rings. The summed E-state index contributed by atoms with van der Waals surface area (Å²) in [6.45, 7) is 8.73. The number of thioether (sulfide) groups is 1. The smallest absolute Gasteiger partial charge is 0.310 e. The van der Waals surface area contributed by atoms with Gasteiger partial charge in [-0.05, 0) is 50.7 Å². The molecule has 0 radical (unpaired) electrons. The second kappa shape index (κ2) is 13.3. The summed E-state index contributed by atoms with van der Waals surface area (Å²) in [6.07, 6.45) is 7.46. The number of para-hydroxylation sites is 1. The molecule has 3 unspecified atom stereocenters. The molecule has 10 nitrogen and oxygen atoms in total. The molecule has 3 aliphatic heterocycles. The van der Waals surface area contributed by atoms with Gasteiger partial charge in [-0.25, -0.2) is 4.68 Å². The number of amides is 2. The number of nitrogens with zero attached hydrogens (tertiary/aromatic N) is 5. The van der Waals surface area contributed by atoms with E-state index in [1.54, 1.807) is 38.4 Å². The fourth-order valence-electron chi connectivity index (χ4n) is 6.72. The summed E-state index contributed by atoms with van der Waals surface area (Å²) in [7, 11) is 0. The average Bonchev–Trinajstić information content (AvgIpc) is 3.70. The van der Waals surface area contributed by atoms with Crippen LogP contribution in [0.2, 0.25) is 0 Å². The lowest BCUT2D eigenvalue weighted by molar-refractivity contribution is -0.154. The molecule has 1 N–H and O–H groups in total. The Labute approximate surface area is 258 Å². The van der Waals surface area contributed by atoms with E-state index in [-0.39, 0.29) is 54.3 Å². The second-order valence-electron chi connectivity index (χ2n) is 11.1. The molecule has 5 rings (SSSR count). The Kier molecular flexibility index (Phi) is 9.74. The number of aliphatic hydroxyl groups is 1. The van der Waals surface area contributed by atoms with Crippen LogP contribution in [0.4, 0.5) is 0 Å². The summed E-state index contributed by atoms with van der Waals surface area (Å²) in [5.41, 5.74) is 1.53. The lowest BCUT2D eigenvalue weighted by atomic mass is 9.71. The predicted octanol–water partition coefficient (Wildman–Crippen LogP) is 3.54. The number of carbonyl (C=O) groups excluding carboxylic acids is 3. The van der Waals surface area contributed by atoms with Crippen molar-refractivity contribution in [1.82, 2.24) is 24.8 Å². The van der Waals surface area contributed by atoms with Crippen LogP contribution in [-0.4, -0.2) is 94.9 Å². The number of carbonyl (C=O) groups is 3. The van der Waals surface area contributed by atoms with Gasteiger partial charge in [-0.3, -0.25) is 14.4 Å². The van der Waals surface area contributed by atoms with Crippen LogP contribution in [0.25, 0.3) is 11.0 Å². The Morgan fingerprint density at radius 3 is 2.79 bits per heavy atom. The van der Waals surface area contributed by atoms with Crippen LogP contribution in [0.15, 0.2) is 49.6 Å². The number of halogens is 1. The van der Waals surface area contributed by atoms with Gasteiger partial charge in [0.2, 0.25) is 11.8 Å². The quantitative estimate of drug-likeness (QED) is 0.134. The van der Waals surface area contributed by atoms with Crippen molar-refractivity contribution in [1.29, 1.82) is 0 Å². The highest BCUT2D eigenvalue weighted by Crippen LogP contribution is 2.68. The van der Waals surface area contributed by atoms with Crippen molar-refractivity contribution in [2.24, 2.45) is 11.8 Å². The van der Waals surface area contributed by atoms with Gasteiger partial charge in [-0.1, -0.05) is 45.4 Å². The van der Waals surface area contributed by atoms with E-state index in [9.17, 15) is 19.5 Å². The zero-order valence-corrected chi connectivity index (χ0v) is 26.0. The molecule has 2 bridgehead atoms. The summed E-state index contributed by atoms with van der Waals surface area (Å²) < 4.78 is 6.60. The molecular weight excluding hydrogens is 622 g/mol. The van der Waals surface area contributed by atoms with Crippen LogP contribution in [0, 0.1) is 11.8 Å². The van der Waals surface area contributed by atoms with Gasteiger partial charge < -0.3 is 19.6 Å². The summed E-state index contributed by atoms with van der Waals surface area (Å²) in [4.78, 5) is 45.7. The highest BCUT2D eigenvalue weighted by atomic mass is 79.9. The number of esters is 1. The SMILES string of the molecule is C=CCCCOC(=O)[C@H]1[C@H]2C(=O)N(CCCCCO)C(C(=O)N(CC=C)Cn3nnc4ccccc43)C23CC(Br)[C@@H]1S3. The lowest BCUT2D eigenvalue weighted by Crippen LogP contribution is -2.55. The fourth-order valence-corrected chi connectivity index (χ4v) is 10.3. The Bertz CT molecular complexity index is 1340. The van der Waals surface area contributed by atoms with Gasteiger partial charge in [0, 0.05) is 29.8 Å². The molecule has 3 saturated heterocycles. The number of alkyl halides is 1. The maximum Gasteiger partial charge on any atom is 0.310 e. The number of rotatable bonds is 15. The molecule has 1 aromatic heterocycles. The summed E-state index contributed by atoms with van der Waals surface area (Å²) >= 11 is 5.40. The second-order valence-corrected chi connectivity index (χ2v) is 13.9. The van der Waals surface area contributed by atoms with Crippen LogP contribution in [0.5, 0.6) is 0 Å². The number of fused-ring (bicyclic) bond motifs is 2. The first-order valence-electron chi connectivity index (χ1n) is 14.6. The van der Waals surface area contributed by atoms with E-state index in [1.165, 1.54) is 0 Å². The van der Waals surface area contributed by atoms with Crippen LogP contribution in [0.1, 0.15) is 38.5 Å². The van der Waals surface area contributed by atoms with Crippen molar-refractivity contribution < 1.29 is 24.2 Å². The first-order valence-corrected chi connectivity index (χ1v) is 16.4. The normalized spacial score (nSPS) is 27.8. The molecule has 0 aliphatic carbocycles. The highest BCUT2D eigenvalue weighted by molar-refractivity contribution is 9.09. The molecule has 2 amide bonds. The third-order valence-electron chi connectivity index (χ3n) is 8.54. The van der Waals surface area contributed by atoms with E-state index >= 15 is 0 Å². The molecule has 1 spiro atoms. The van der Waals surface area contributed by atoms with Crippen molar-refractivity contribution in [3.8, 4) is 0 Å². The fraction of sp³-hybridized carbons (Fsp3) is 0.567. The van der Waals surface area contributed by atoms with E-state index in [0.29, 0.717) is 32.2 Å². The van der Waals surface area contributed by atoms with Gasteiger partial charge >= 0.3 is 5.97 Å². The highest BCUT2D eigenvalue weighted by Gasteiger charge is 2.76. The van der Waals surface area contributed by atoms with Crippen LogP contribution >= 0.6 is 27.7 Å². The molecule has 4 heterocycles. The summed E-state index contributed by atoms with van der Waals surface area (Å²) in [6, 6.07) is 6.80. The van der Waals surface area contributed by atoms with Gasteiger partial charge in [0.25, 0.3) is 0 Å². The van der Waals surface area contributed by atoms with Crippen LogP contribution in [-0.2, 0) is 25.8 Å². The molecule has 3 fully saturated rings. The third-order valence-corrected chi connectivity index (χ3v) is 11.8. The average molecular weight is 661 g/mol. The maximum atomic E-state index is 14.6. The molecule has 6 atom stereocenters. The summed E-state index contributed by atoms with van der Waals surface area (Å²) in [5, 5.41) is 17.7. The number of benzene rings is 1. The first-order chi connectivity index (χ1) is 20.4. The van der Waals surface area contributed by atoms with Gasteiger partial charge in [-0.2, -0.15) is 0 Å². The van der Waals surface area contributed by atoms with Gasteiger partial charge in [0.15, 0.2) is 0 Å². The minimum absolute atomic E-state index is 0.0333. The van der Waals surface area contributed by atoms with Crippen molar-refractivity contribution in [2.45, 2.75) is 66.1 Å². The number of aliphatic hydroxyl groups excluding tert-OH is 1. The van der Waals surface area contributed by atoms with E-state index in [1.807, 2.05) is 24.3 Å². The third kappa shape index (κ3) is 5.53. The summed E-state index contributed by atoms with van der Waals surface area (Å²) in [5.74, 6) is -2.00. The van der Waals surface area contributed by atoms with E-state index in [0.717, 1.165) is 23.9 Å². The minimum Gasteiger partial charge on any atom is -0.465 e. The number of allylic oxidation sites excluding steroid dienone is 1. The van der Waals surface area contributed by atoms with Gasteiger partial charge in [-0.15, -0.1) is 30.0 Å². The topological polar surface area (TPSA) is 118 Å². The van der Waals surface area contributed by atoms with Gasteiger partial charge in [0.1, 0.15) is 18.2 Å². The molecule has 1 aromatic carbocycles. The Balaban J connectivity index is 1.47. The van der Waals surface area contributed by atoms with E-state index in [2.05, 4.69) is 39.4 Å². The zero-order valence-electron chi connectivity index (χ0n) is 23.6. The van der Waals surface area contributed by atoms with Crippen molar-refractivity contribution in [3.63, 3.8) is 0 Å². The van der Waals surface area contributed by atoms with Crippen LogP contribution in [0.3, 0.4) is 0 Å². The molecule has 226 valence electrons. The first kappa shape index (κ1) is 30.7. The maximum absolute atomic E-state index is 14.6. The Hall–Kier alpha value is -2.70. The predicted molar refractivity (Wildman–Crippen MR) is 165 cm³/mol. The zero-order chi connectivity index (χ0) is 29.9. The molecular formula is C30H38BrN5O5S. The number of unbranched alkanes of at least 4 members (excludes halogenated alkanes) is 3. The van der Waals surface area contributed by atoms with Gasteiger partial charge in [0.05, 0.1) is 28.7 Å². The minimum atomic E-state index is -0.765. The van der Waals surface area contributed by atoms with Crippen LogP contribution < -0.4 is 0 Å². The number of aromatic nitrogens is 3. The number of hydrogen-bond donors (Lipinski definition) is 1. The molecule has 12 heteroatoms. The van der Waals surface area contributed by atoms with Crippen molar-refractivity contribution in [3.05, 3.63) is 49.6 Å². The standard InChI is InChI=1S/C30H38BrN5O5S/c1-3-5-11-17-41-29(40)23-24-27(38)35(15-9-6-10-16-37)26(30(24)18-20(31)25(23)42-30)28(39)34(14-4-2)19-36-22-13-8-7-12-21(22)32-33-36/h3-4,7-8,12-13,20,23-26,37H,1-2,5-6,9-11,14-19H2/t20?,23-,24-,25-,26?,30?/m0/s1. The monoisotopic (exact) mass is 659 g/mol.